The van der Waals surface area contributed by atoms with Crippen molar-refractivity contribution in [3.63, 3.8) is 0 Å². The zero-order valence-corrected chi connectivity index (χ0v) is 17.5. The van der Waals surface area contributed by atoms with Crippen molar-refractivity contribution in [3.8, 4) is 5.75 Å². The number of hydrogen-bond donors (Lipinski definition) is 2. The van der Waals surface area contributed by atoms with Crippen molar-refractivity contribution in [1.82, 2.24) is 0 Å². The van der Waals surface area contributed by atoms with Crippen LogP contribution in [-0.2, 0) is 9.59 Å². The summed E-state index contributed by atoms with van der Waals surface area (Å²) in [6, 6.07) is 13.5. The molecule has 1 aliphatic carbocycles. The van der Waals surface area contributed by atoms with E-state index in [-0.39, 0.29) is 23.7 Å². The molecule has 29 heavy (non-hydrogen) atoms. The minimum absolute atomic E-state index is 0.00499. The van der Waals surface area contributed by atoms with E-state index >= 15 is 0 Å². The Labute approximate surface area is 172 Å². The molecule has 0 bridgehead atoms. The highest BCUT2D eigenvalue weighted by Crippen LogP contribution is 2.32. The predicted molar refractivity (Wildman–Crippen MR) is 116 cm³/mol. The molecule has 2 aromatic rings. The van der Waals surface area contributed by atoms with Crippen LogP contribution in [0, 0.1) is 25.7 Å². The van der Waals surface area contributed by atoms with Crippen LogP contribution in [0.1, 0.15) is 43.7 Å². The van der Waals surface area contributed by atoms with Crippen LogP contribution in [0.4, 0.5) is 11.4 Å². The summed E-state index contributed by atoms with van der Waals surface area (Å²) in [6.07, 6.45) is 2.88. The number of carbonyl (C=O) groups excluding carboxylic acids is 2. The lowest BCUT2D eigenvalue weighted by molar-refractivity contribution is -0.125. The molecule has 2 aromatic carbocycles. The number of aryl methyl sites for hydroxylation is 2. The lowest BCUT2D eigenvalue weighted by Gasteiger charge is -2.27. The SMILES string of the molecule is CCOc1ccccc1NC(=O)C1CCC(C(=O)Nc2ccc(C)cc2C)CC1. The predicted octanol–water partition coefficient (Wildman–Crippen LogP) is 5.09. The summed E-state index contributed by atoms with van der Waals surface area (Å²) < 4.78 is 5.58. The Morgan fingerprint density at radius 2 is 1.48 bits per heavy atom. The summed E-state index contributed by atoms with van der Waals surface area (Å²) in [6.45, 7) is 6.51. The minimum Gasteiger partial charge on any atom is -0.492 e. The van der Waals surface area contributed by atoms with Crippen LogP contribution < -0.4 is 15.4 Å². The summed E-state index contributed by atoms with van der Waals surface area (Å²) in [7, 11) is 0. The van der Waals surface area contributed by atoms with Gasteiger partial charge in [0, 0.05) is 17.5 Å². The zero-order valence-electron chi connectivity index (χ0n) is 17.5. The van der Waals surface area contributed by atoms with Crippen molar-refractivity contribution in [3.05, 3.63) is 53.6 Å². The van der Waals surface area contributed by atoms with E-state index in [2.05, 4.69) is 16.7 Å². The largest absolute Gasteiger partial charge is 0.492 e. The van der Waals surface area contributed by atoms with Crippen LogP contribution in [0.15, 0.2) is 42.5 Å². The maximum Gasteiger partial charge on any atom is 0.227 e. The monoisotopic (exact) mass is 394 g/mol. The number of amides is 2. The van der Waals surface area contributed by atoms with Crippen LogP contribution in [0.25, 0.3) is 0 Å². The summed E-state index contributed by atoms with van der Waals surface area (Å²) >= 11 is 0. The van der Waals surface area contributed by atoms with Gasteiger partial charge in [-0.05, 0) is 70.2 Å². The van der Waals surface area contributed by atoms with Crippen molar-refractivity contribution in [2.45, 2.75) is 46.5 Å². The average Bonchev–Trinajstić information content (AvgIpc) is 2.72. The standard InChI is InChI=1S/C24H30N2O3/c1-4-29-22-8-6-5-7-21(22)26-24(28)19-12-10-18(11-13-19)23(27)25-20-14-9-16(2)15-17(20)3/h5-9,14-15,18-19H,4,10-13H2,1-3H3,(H,25,27)(H,26,28). The fourth-order valence-electron chi connectivity index (χ4n) is 3.89. The van der Waals surface area contributed by atoms with E-state index < -0.39 is 0 Å². The van der Waals surface area contributed by atoms with E-state index in [1.807, 2.05) is 57.2 Å². The van der Waals surface area contributed by atoms with E-state index in [4.69, 9.17) is 4.74 Å². The molecule has 1 saturated carbocycles. The van der Waals surface area contributed by atoms with Gasteiger partial charge in [0.25, 0.3) is 0 Å². The van der Waals surface area contributed by atoms with Crippen LogP contribution in [0.5, 0.6) is 5.75 Å². The Kier molecular flexibility index (Phi) is 6.91. The molecule has 0 spiro atoms. The van der Waals surface area contributed by atoms with Gasteiger partial charge < -0.3 is 15.4 Å². The van der Waals surface area contributed by atoms with Gasteiger partial charge in [-0.25, -0.2) is 0 Å². The quantitative estimate of drug-likeness (QED) is 0.717. The molecule has 1 aliphatic rings. The van der Waals surface area contributed by atoms with E-state index in [0.29, 0.717) is 30.9 Å². The molecular weight excluding hydrogens is 364 g/mol. The second-order valence-electron chi connectivity index (χ2n) is 7.77. The zero-order chi connectivity index (χ0) is 20.8. The average molecular weight is 395 g/mol. The molecule has 2 N–H and O–H groups in total. The first-order valence-corrected chi connectivity index (χ1v) is 10.4. The van der Waals surface area contributed by atoms with Gasteiger partial charge in [-0.1, -0.05) is 29.8 Å². The summed E-state index contributed by atoms with van der Waals surface area (Å²) in [4.78, 5) is 25.4. The van der Waals surface area contributed by atoms with Gasteiger partial charge in [-0.3, -0.25) is 9.59 Å². The van der Waals surface area contributed by atoms with Gasteiger partial charge in [0.1, 0.15) is 5.75 Å². The number of para-hydroxylation sites is 2. The number of hydrogen-bond acceptors (Lipinski definition) is 3. The number of carbonyl (C=O) groups is 2. The molecule has 0 radical (unpaired) electrons. The second kappa shape index (κ2) is 9.59. The van der Waals surface area contributed by atoms with Crippen molar-refractivity contribution < 1.29 is 14.3 Å². The molecule has 0 heterocycles. The number of anilines is 2. The van der Waals surface area contributed by atoms with Gasteiger partial charge in [0.05, 0.1) is 12.3 Å². The lowest BCUT2D eigenvalue weighted by Crippen LogP contribution is -2.32. The van der Waals surface area contributed by atoms with Crippen molar-refractivity contribution in [2.24, 2.45) is 11.8 Å². The molecule has 3 rings (SSSR count). The first kappa shape index (κ1) is 20.9. The topological polar surface area (TPSA) is 67.4 Å². The van der Waals surface area contributed by atoms with Crippen LogP contribution in [0.3, 0.4) is 0 Å². The molecule has 0 atom stereocenters. The minimum atomic E-state index is -0.0742. The first-order chi connectivity index (χ1) is 14.0. The Morgan fingerprint density at radius 3 is 2.07 bits per heavy atom. The number of benzene rings is 2. The number of rotatable bonds is 6. The summed E-state index contributed by atoms with van der Waals surface area (Å²) in [5, 5.41) is 6.05. The maximum atomic E-state index is 12.7. The van der Waals surface area contributed by atoms with Crippen LogP contribution in [0.2, 0.25) is 0 Å². The Morgan fingerprint density at radius 1 is 0.897 bits per heavy atom. The van der Waals surface area contributed by atoms with Crippen LogP contribution in [-0.4, -0.2) is 18.4 Å². The Hall–Kier alpha value is -2.82. The van der Waals surface area contributed by atoms with E-state index in [0.717, 1.165) is 24.1 Å². The molecule has 0 unspecified atom stereocenters. The summed E-state index contributed by atoms with van der Waals surface area (Å²) in [5.41, 5.74) is 3.82. The van der Waals surface area contributed by atoms with E-state index in [1.165, 1.54) is 5.56 Å². The number of ether oxygens (including phenoxy) is 1. The third kappa shape index (κ3) is 5.37. The Balaban J connectivity index is 1.53. The molecule has 5 heteroatoms. The van der Waals surface area contributed by atoms with Crippen LogP contribution >= 0.6 is 0 Å². The van der Waals surface area contributed by atoms with E-state index in [1.54, 1.807) is 0 Å². The Bertz CT molecular complexity index is 870. The number of nitrogens with one attached hydrogen (secondary N) is 2. The highest BCUT2D eigenvalue weighted by molar-refractivity contribution is 5.95. The molecule has 5 nitrogen and oxygen atoms in total. The van der Waals surface area contributed by atoms with Gasteiger partial charge in [-0.15, -0.1) is 0 Å². The van der Waals surface area contributed by atoms with E-state index in [9.17, 15) is 9.59 Å². The van der Waals surface area contributed by atoms with Crippen molar-refractivity contribution in [2.75, 3.05) is 17.2 Å². The first-order valence-electron chi connectivity index (χ1n) is 10.4. The molecule has 154 valence electrons. The van der Waals surface area contributed by atoms with Gasteiger partial charge in [0.15, 0.2) is 0 Å². The second-order valence-corrected chi connectivity index (χ2v) is 7.77. The molecule has 2 amide bonds. The molecule has 0 aromatic heterocycles. The summed E-state index contributed by atoms with van der Waals surface area (Å²) in [5.74, 6) is 0.623. The molecular formula is C24H30N2O3. The van der Waals surface area contributed by atoms with Gasteiger partial charge in [-0.2, -0.15) is 0 Å². The fourth-order valence-corrected chi connectivity index (χ4v) is 3.89. The van der Waals surface area contributed by atoms with Crippen molar-refractivity contribution in [1.29, 1.82) is 0 Å². The van der Waals surface area contributed by atoms with Crippen molar-refractivity contribution >= 4 is 23.2 Å². The smallest absolute Gasteiger partial charge is 0.227 e. The third-order valence-corrected chi connectivity index (χ3v) is 5.55. The lowest BCUT2D eigenvalue weighted by atomic mass is 9.81. The third-order valence-electron chi connectivity index (χ3n) is 5.55. The normalized spacial score (nSPS) is 18.7. The van der Waals surface area contributed by atoms with Gasteiger partial charge in [0.2, 0.25) is 11.8 Å². The highest BCUT2D eigenvalue weighted by Gasteiger charge is 2.30. The molecule has 0 aliphatic heterocycles. The molecule has 0 saturated heterocycles. The fraction of sp³-hybridized carbons (Fsp3) is 0.417. The highest BCUT2D eigenvalue weighted by atomic mass is 16.5. The maximum absolute atomic E-state index is 12.7. The van der Waals surface area contributed by atoms with Gasteiger partial charge >= 0.3 is 0 Å². The molecule has 1 fully saturated rings.